The number of aryl methyl sites for hydroxylation is 2. The highest BCUT2D eigenvalue weighted by Gasteiger charge is 2.16. The molecule has 2 heterocycles. The summed E-state index contributed by atoms with van der Waals surface area (Å²) in [5, 5.41) is 7.71. The Morgan fingerprint density at radius 1 is 1.20 bits per heavy atom. The molecule has 0 radical (unpaired) electrons. The lowest BCUT2D eigenvalue weighted by Crippen LogP contribution is -2.11. The van der Waals surface area contributed by atoms with Crippen molar-refractivity contribution < 1.29 is 0 Å². The first-order valence-electron chi connectivity index (χ1n) is 6.76. The Morgan fingerprint density at radius 3 is 2.40 bits per heavy atom. The van der Waals surface area contributed by atoms with Crippen molar-refractivity contribution >= 4 is 21.7 Å². The average Bonchev–Trinajstić information content (AvgIpc) is 2.68. The van der Waals surface area contributed by atoms with Gasteiger partial charge in [-0.1, -0.05) is 6.92 Å². The van der Waals surface area contributed by atoms with Crippen molar-refractivity contribution in [2.75, 3.05) is 12.4 Å². The van der Waals surface area contributed by atoms with Crippen molar-refractivity contribution in [1.29, 1.82) is 0 Å². The van der Waals surface area contributed by atoms with Crippen LogP contribution in [0.5, 0.6) is 0 Å². The molecule has 0 aliphatic rings. The molecule has 0 unspecified atom stereocenters. The number of nitrogens with one attached hydrogen (secondary N) is 1. The number of hydrogen-bond acceptors (Lipinski definition) is 4. The van der Waals surface area contributed by atoms with Crippen molar-refractivity contribution in [3.63, 3.8) is 0 Å². The summed E-state index contributed by atoms with van der Waals surface area (Å²) in [4.78, 5) is 9.24. The molecule has 0 aromatic carbocycles. The summed E-state index contributed by atoms with van der Waals surface area (Å²) in [7, 11) is 1.88. The fraction of sp³-hybridized carbons (Fsp3) is 0.500. The van der Waals surface area contributed by atoms with Gasteiger partial charge in [0.1, 0.15) is 11.6 Å². The van der Waals surface area contributed by atoms with Gasteiger partial charge in [-0.15, -0.1) is 0 Å². The highest BCUT2D eigenvalue weighted by atomic mass is 79.9. The molecule has 2 aromatic rings. The van der Waals surface area contributed by atoms with Crippen LogP contribution in [-0.2, 0) is 6.42 Å². The summed E-state index contributed by atoms with van der Waals surface area (Å²) in [6, 6.07) is 0. The second kappa shape index (κ2) is 5.91. The van der Waals surface area contributed by atoms with Gasteiger partial charge in [0.25, 0.3) is 0 Å². The lowest BCUT2D eigenvalue weighted by atomic mass is 10.2. The van der Waals surface area contributed by atoms with Gasteiger partial charge in [-0.2, -0.15) is 5.10 Å². The highest BCUT2D eigenvalue weighted by Crippen LogP contribution is 2.25. The number of halogens is 1. The third-order valence-electron chi connectivity index (χ3n) is 3.28. The lowest BCUT2D eigenvalue weighted by Gasteiger charge is -2.13. The molecule has 20 heavy (non-hydrogen) atoms. The maximum Gasteiger partial charge on any atom is 0.162 e. The molecule has 0 fully saturated rings. The average molecular weight is 338 g/mol. The Kier molecular flexibility index (Phi) is 4.42. The first-order valence-corrected chi connectivity index (χ1v) is 7.56. The third kappa shape index (κ3) is 2.57. The van der Waals surface area contributed by atoms with Gasteiger partial charge in [0, 0.05) is 19.0 Å². The van der Waals surface area contributed by atoms with E-state index < -0.39 is 0 Å². The fourth-order valence-electron chi connectivity index (χ4n) is 2.16. The maximum atomic E-state index is 4.68. The van der Waals surface area contributed by atoms with Crippen LogP contribution in [-0.4, -0.2) is 26.8 Å². The summed E-state index contributed by atoms with van der Waals surface area (Å²) in [5.74, 6) is 2.56. The van der Waals surface area contributed by atoms with Crippen LogP contribution in [0.3, 0.4) is 0 Å². The summed E-state index contributed by atoms with van der Waals surface area (Å²) >= 11 is 3.56. The molecule has 0 spiro atoms. The van der Waals surface area contributed by atoms with E-state index in [4.69, 9.17) is 0 Å². The van der Waals surface area contributed by atoms with Crippen molar-refractivity contribution in [1.82, 2.24) is 19.7 Å². The van der Waals surface area contributed by atoms with E-state index in [1.165, 1.54) is 0 Å². The van der Waals surface area contributed by atoms with E-state index in [0.29, 0.717) is 0 Å². The number of anilines is 1. The van der Waals surface area contributed by atoms with Crippen LogP contribution < -0.4 is 5.32 Å². The zero-order valence-electron chi connectivity index (χ0n) is 12.6. The minimum atomic E-state index is 0.846. The number of aromatic nitrogens is 4. The van der Waals surface area contributed by atoms with E-state index in [9.17, 15) is 0 Å². The molecule has 0 aliphatic heterocycles. The van der Waals surface area contributed by atoms with Crippen LogP contribution in [0, 0.1) is 20.8 Å². The first-order chi connectivity index (χ1) is 9.49. The van der Waals surface area contributed by atoms with E-state index in [0.717, 1.165) is 51.7 Å². The summed E-state index contributed by atoms with van der Waals surface area (Å²) in [6.07, 6.45) is 1.88. The third-order valence-corrected chi connectivity index (χ3v) is 4.43. The van der Waals surface area contributed by atoms with E-state index >= 15 is 0 Å². The maximum absolute atomic E-state index is 4.68. The highest BCUT2D eigenvalue weighted by molar-refractivity contribution is 9.10. The Labute approximate surface area is 128 Å². The fourth-order valence-corrected chi connectivity index (χ4v) is 2.41. The van der Waals surface area contributed by atoms with E-state index in [2.05, 4.69) is 43.2 Å². The van der Waals surface area contributed by atoms with Crippen LogP contribution in [0.1, 0.15) is 36.1 Å². The molecule has 5 nitrogen and oxygen atoms in total. The Hall–Kier alpha value is -1.43. The van der Waals surface area contributed by atoms with Gasteiger partial charge in [0.05, 0.1) is 15.9 Å². The van der Waals surface area contributed by atoms with Crippen LogP contribution in [0.2, 0.25) is 0 Å². The van der Waals surface area contributed by atoms with E-state index in [1.54, 1.807) is 0 Å². The molecule has 1 N–H and O–H groups in total. The molecular weight excluding hydrogens is 318 g/mol. The smallest absolute Gasteiger partial charge is 0.162 e. The SMILES string of the molecule is CCCc1nc(NC)c(C)c(-n2nc(C)c(Br)c2C)n1. The summed E-state index contributed by atoms with van der Waals surface area (Å²) in [6.45, 7) is 8.16. The minimum absolute atomic E-state index is 0.846. The second-order valence-corrected chi connectivity index (χ2v) is 5.63. The van der Waals surface area contributed by atoms with Crippen LogP contribution in [0.25, 0.3) is 5.82 Å². The number of hydrogen-bond donors (Lipinski definition) is 1. The molecule has 0 saturated carbocycles. The normalized spacial score (nSPS) is 10.9. The van der Waals surface area contributed by atoms with Crippen molar-refractivity contribution in [2.24, 2.45) is 0 Å². The summed E-state index contributed by atoms with van der Waals surface area (Å²) < 4.78 is 2.91. The van der Waals surface area contributed by atoms with Gasteiger partial charge in [0.2, 0.25) is 0 Å². The molecular formula is C14H20BrN5. The molecule has 0 saturated heterocycles. The zero-order chi connectivity index (χ0) is 14.9. The summed E-state index contributed by atoms with van der Waals surface area (Å²) in [5.41, 5.74) is 3.02. The van der Waals surface area contributed by atoms with Crippen molar-refractivity contribution in [3.05, 3.63) is 27.2 Å². The molecule has 6 heteroatoms. The van der Waals surface area contributed by atoms with Gasteiger partial charge in [0.15, 0.2) is 5.82 Å². The number of nitrogens with zero attached hydrogens (tertiary/aromatic N) is 4. The van der Waals surface area contributed by atoms with Crippen molar-refractivity contribution in [3.8, 4) is 5.82 Å². The monoisotopic (exact) mass is 337 g/mol. The Morgan fingerprint density at radius 2 is 1.90 bits per heavy atom. The van der Waals surface area contributed by atoms with E-state index in [1.807, 2.05) is 32.5 Å². The largest absolute Gasteiger partial charge is 0.373 e. The zero-order valence-corrected chi connectivity index (χ0v) is 14.2. The van der Waals surface area contributed by atoms with Crippen molar-refractivity contribution in [2.45, 2.75) is 40.5 Å². The number of rotatable bonds is 4. The predicted molar refractivity (Wildman–Crippen MR) is 84.6 cm³/mol. The van der Waals surface area contributed by atoms with Gasteiger partial charge < -0.3 is 5.32 Å². The van der Waals surface area contributed by atoms with Crippen LogP contribution in [0.15, 0.2) is 4.47 Å². The van der Waals surface area contributed by atoms with Crippen LogP contribution >= 0.6 is 15.9 Å². The molecule has 0 aliphatic carbocycles. The quantitative estimate of drug-likeness (QED) is 0.929. The molecule has 0 bridgehead atoms. The standard InChI is InChI=1S/C14H20BrN5/c1-6-7-11-17-13(16-5)8(2)14(18-11)20-10(4)12(15)9(3)19-20/h6-7H2,1-5H3,(H,16,17,18). The van der Waals surface area contributed by atoms with Gasteiger partial charge in [-0.3, -0.25) is 0 Å². The van der Waals surface area contributed by atoms with E-state index in [-0.39, 0.29) is 0 Å². The Bertz CT molecular complexity index is 633. The molecule has 0 atom stereocenters. The molecule has 2 rings (SSSR count). The lowest BCUT2D eigenvalue weighted by molar-refractivity contribution is 0.759. The van der Waals surface area contributed by atoms with Gasteiger partial charge in [-0.25, -0.2) is 14.6 Å². The second-order valence-electron chi connectivity index (χ2n) is 4.83. The minimum Gasteiger partial charge on any atom is -0.373 e. The predicted octanol–water partition coefficient (Wildman–Crippen LogP) is 3.34. The molecule has 0 amide bonds. The van der Waals surface area contributed by atoms with Crippen LogP contribution in [0.4, 0.5) is 5.82 Å². The Balaban J connectivity index is 2.65. The van der Waals surface area contributed by atoms with Gasteiger partial charge >= 0.3 is 0 Å². The molecule has 2 aromatic heterocycles. The first kappa shape index (κ1) is 15.0. The molecule has 108 valence electrons. The topological polar surface area (TPSA) is 55.6 Å². The van der Waals surface area contributed by atoms with Gasteiger partial charge in [-0.05, 0) is 43.1 Å².